The lowest BCUT2D eigenvalue weighted by Gasteiger charge is -2.29. The van der Waals surface area contributed by atoms with Crippen LogP contribution < -0.4 is 31.3 Å². The van der Waals surface area contributed by atoms with E-state index < -0.39 is 59.3 Å². The lowest BCUT2D eigenvalue weighted by atomic mass is 10.00. The van der Waals surface area contributed by atoms with Gasteiger partial charge in [0, 0.05) is 31.5 Å². The first-order valence-corrected chi connectivity index (χ1v) is 15.5. The van der Waals surface area contributed by atoms with Gasteiger partial charge in [0.25, 0.3) is 0 Å². The number of aromatic hydroxyl groups is 1. The number of para-hydroxylation sites is 1. The number of ether oxygens (including phenoxy) is 1. The zero-order valence-electron chi connectivity index (χ0n) is 26.6. The van der Waals surface area contributed by atoms with Crippen LogP contribution in [-0.2, 0) is 27.2 Å². The Kier molecular flexibility index (Phi) is 12.4. The summed E-state index contributed by atoms with van der Waals surface area (Å²) in [5, 5.41) is 24.1. The normalized spacial score (nSPS) is 21.7. The number of amides is 3. The monoisotopic (exact) mass is 653 g/mol. The highest BCUT2D eigenvalue weighted by atomic mass is 19.1. The van der Waals surface area contributed by atoms with Crippen LogP contribution in [0.4, 0.5) is 14.7 Å². The van der Waals surface area contributed by atoms with E-state index in [0.717, 1.165) is 6.07 Å². The van der Waals surface area contributed by atoms with Gasteiger partial charge in [-0.2, -0.15) is 0 Å². The molecule has 2 aromatic carbocycles. The predicted molar refractivity (Wildman–Crippen MR) is 171 cm³/mol. The molecule has 14 heteroatoms. The summed E-state index contributed by atoms with van der Waals surface area (Å²) in [5.41, 5.74) is 1.02. The number of nitrogens with one attached hydrogen (secondary N) is 5. The van der Waals surface area contributed by atoms with Crippen LogP contribution in [0, 0.1) is 17.6 Å². The van der Waals surface area contributed by atoms with E-state index in [1.54, 1.807) is 39.0 Å². The van der Waals surface area contributed by atoms with E-state index in [9.17, 15) is 28.3 Å². The molecule has 4 atom stereocenters. The molecule has 0 saturated carbocycles. The first kappa shape index (κ1) is 35.0. The molecule has 0 radical (unpaired) electrons. The van der Waals surface area contributed by atoms with Crippen molar-refractivity contribution in [1.82, 2.24) is 31.2 Å². The maximum absolute atomic E-state index is 14.9. The fraction of sp³-hybridized carbons (Fsp3) is 0.424. The van der Waals surface area contributed by atoms with Gasteiger partial charge in [-0.15, -0.1) is 0 Å². The third-order valence-electron chi connectivity index (χ3n) is 7.61. The minimum atomic E-state index is -1.06. The van der Waals surface area contributed by atoms with Crippen LogP contribution >= 0.6 is 0 Å². The smallest absolute Gasteiger partial charge is 0.244 e. The fourth-order valence-electron chi connectivity index (χ4n) is 5.11. The molecule has 1 aliphatic rings. The Morgan fingerprint density at radius 3 is 2.47 bits per heavy atom. The summed E-state index contributed by atoms with van der Waals surface area (Å²) in [4.78, 5) is 48.9. The molecule has 3 aromatic rings. The number of phenols is 1. The Morgan fingerprint density at radius 1 is 0.979 bits per heavy atom. The highest BCUT2D eigenvalue weighted by Gasteiger charge is 2.32. The number of benzene rings is 2. The van der Waals surface area contributed by atoms with Gasteiger partial charge in [-0.1, -0.05) is 32.0 Å². The quantitative estimate of drug-likeness (QED) is 0.234. The second-order valence-electron chi connectivity index (χ2n) is 11.8. The van der Waals surface area contributed by atoms with E-state index in [1.165, 1.54) is 30.6 Å². The number of nitrogens with zero attached hydrogens (tertiary/aromatic N) is 2. The molecule has 4 rings (SSSR count). The average Bonchev–Trinajstić information content (AvgIpc) is 3.04. The van der Waals surface area contributed by atoms with Crippen molar-refractivity contribution in [2.75, 3.05) is 25.0 Å². The van der Waals surface area contributed by atoms with Crippen molar-refractivity contribution in [1.29, 1.82) is 0 Å². The molecular formula is C33H41F2N7O5. The van der Waals surface area contributed by atoms with Crippen LogP contribution in [0.25, 0.3) is 0 Å². The topological polar surface area (TPSA) is 167 Å². The number of aromatic nitrogens is 2. The van der Waals surface area contributed by atoms with Crippen molar-refractivity contribution < 1.29 is 33.0 Å². The Hall–Kier alpha value is -4.85. The van der Waals surface area contributed by atoms with Gasteiger partial charge in [-0.05, 0) is 67.5 Å². The Morgan fingerprint density at radius 2 is 1.74 bits per heavy atom. The molecule has 6 N–H and O–H groups in total. The van der Waals surface area contributed by atoms with Crippen LogP contribution in [0.2, 0.25) is 0 Å². The molecule has 0 spiro atoms. The number of halogens is 2. The minimum absolute atomic E-state index is 0.00319. The molecule has 1 aliphatic heterocycles. The van der Waals surface area contributed by atoms with Gasteiger partial charge < -0.3 is 31.1 Å². The molecule has 0 saturated heterocycles. The van der Waals surface area contributed by atoms with Gasteiger partial charge >= 0.3 is 0 Å². The molecule has 1 aromatic heterocycles. The standard InChI is InChI=1S/C33H41F2N7O5/c1-19(2)28-32(46)41-26(17-39-33-37-13-6-14-38-33)30(44)36-12-5-8-22-7-4-9-23(34)29(22)47-18-20(3)40-25(31(45)42-28)16-21-10-11-27(43)24(35)15-21/h4,6-7,9-11,13-15,19-20,25-26,28,40,43H,5,8,12,16-18H2,1-3H3,(H,36,44)(H,41,46)(H,42,45)(H,37,38,39)/t20-,25+,26-,28+/m0/s1. The lowest BCUT2D eigenvalue weighted by Crippen LogP contribution is -2.60. The summed E-state index contributed by atoms with van der Waals surface area (Å²) in [6.07, 6.45) is 3.92. The van der Waals surface area contributed by atoms with Gasteiger partial charge in [0.1, 0.15) is 18.7 Å². The van der Waals surface area contributed by atoms with E-state index in [4.69, 9.17) is 4.74 Å². The van der Waals surface area contributed by atoms with Crippen molar-refractivity contribution in [2.45, 2.75) is 64.2 Å². The van der Waals surface area contributed by atoms with Crippen LogP contribution in [0.15, 0.2) is 54.9 Å². The van der Waals surface area contributed by atoms with E-state index in [-0.39, 0.29) is 43.7 Å². The molecule has 12 nitrogen and oxygen atoms in total. The highest BCUT2D eigenvalue weighted by molar-refractivity contribution is 5.93. The number of fused-ring (bicyclic) bond motifs is 1. The van der Waals surface area contributed by atoms with Crippen LogP contribution in [0.1, 0.15) is 38.3 Å². The van der Waals surface area contributed by atoms with E-state index in [0.29, 0.717) is 24.0 Å². The SMILES string of the molecule is CC(C)[C@H]1NC(=O)[C@@H](Cc2ccc(O)c(F)c2)N[C@@H](C)COc2c(F)cccc2CCCNC(=O)[C@H](CNc2ncccn2)NC1=O. The van der Waals surface area contributed by atoms with Crippen molar-refractivity contribution in [3.05, 3.63) is 77.6 Å². The fourth-order valence-corrected chi connectivity index (χ4v) is 5.11. The molecule has 0 fully saturated rings. The van der Waals surface area contributed by atoms with E-state index >= 15 is 0 Å². The predicted octanol–water partition coefficient (Wildman–Crippen LogP) is 2.23. The lowest BCUT2D eigenvalue weighted by molar-refractivity contribution is -0.133. The Bertz CT molecular complexity index is 1530. The third kappa shape index (κ3) is 10.1. The number of carbonyl (C=O) groups excluding carboxylic acids is 3. The summed E-state index contributed by atoms with van der Waals surface area (Å²) >= 11 is 0. The van der Waals surface area contributed by atoms with Crippen LogP contribution in [0.5, 0.6) is 11.5 Å². The van der Waals surface area contributed by atoms with Gasteiger partial charge in [0.05, 0.1) is 6.04 Å². The number of rotatable bonds is 6. The maximum Gasteiger partial charge on any atom is 0.244 e. The molecule has 0 aliphatic carbocycles. The van der Waals surface area contributed by atoms with E-state index in [2.05, 4.69) is 36.6 Å². The molecule has 0 bridgehead atoms. The zero-order valence-corrected chi connectivity index (χ0v) is 26.6. The number of phenolic OH excluding ortho intramolecular Hbond substituents is 1. The largest absolute Gasteiger partial charge is 0.505 e. The second kappa shape index (κ2) is 16.6. The molecular weight excluding hydrogens is 612 g/mol. The van der Waals surface area contributed by atoms with Crippen LogP contribution in [-0.4, -0.2) is 76.7 Å². The van der Waals surface area contributed by atoms with Gasteiger partial charge in [0.15, 0.2) is 23.1 Å². The number of hydrogen-bond acceptors (Lipinski definition) is 9. The summed E-state index contributed by atoms with van der Waals surface area (Å²) in [5.74, 6) is -3.59. The van der Waals surface area contributed by atoms with Gasteiger partial charge in [0.2, 0.25) is 23.7 Å². The molecule has 2 heterocycles. The molecule has 0 unspecified atom stereocenters. The molecule has 3 amide bonds. The van der Waals surface area contributed by atoms with Crippen molar-refractivity contribution in [3.63, 3.8) is 0 Å². The van der Waals surface area contributed by atoms with Crippen molar-refractivity contribution in [3.8, 4) is 11.5 Å². The molecule has 252 valence electrons. The maximum atomic E-state index is 14.9. The summed E-state index contributed by atoms with van der Waals surface area (Å²) in [7, 11) is 0. The second-order valence-corrected chi connectivity index (χ2v) is 11.8. The average molecular weight is 654 g/mol. The highest BCUT2D eigenvalue weighted by Crippen LogP contribution is 2.24. The first-order chi connectivity index (χ1) is 22.5. The Balaban J connectivity index is 1.63. The molecule has 47 heavy (non-hydrogen) atoms. The van der Waals surface area contributed by atoms with E-state index in [1.807, 2.05) is 0 Å². The summed E-state index contributed by atoms with van der Waals surface area (Å²) in [6, 6.07) is 6.49. The van der Waals surface area contributed by atoms with Crippen molar-refractivity contribution in [2.24, 2.45) is 5.92 Å². The Labute approximate surface area is 272 Å². The van der Waals surface area contributed by atoms with Gasteiger partial charge in [-0.25, -0.2) is 18.7 Å². The number of anilines is 1. The minimum Gasteiger partial charge on any atom is -0.505 e. The number of carbonyl (C=O) groups is 3. The third-order valence-corrected chi connectivity index (χ3v) is 7.61. The van der Waals surface area contributed by atoms with Crippen LogP contribution in [0.3, 0.4) is 0 Å². The summed E-state index contributed by atoms with van der Waals surface area (Å²) < 4.78 is 35.0. The van der Waals surface area contributed by atoms with Gasteiger partial charge in [-0.3, -0.25) is 19.7 Å². The zero-order chi connectivity index (χ0) is 33.9. The number of aryl methyl sites for hydroxylation is 1. The summed E-state index contributed by atoms with van der Waals surface area (Å²) in [6.45, 7) is 5.45. The number of hydrogen-bond donors (Lipinski definition) is 6. The van der Waals surface area contributed by atoms with Crippen molar-refractivity contribution >= 4 is 23.7 Å². The first-order valence-electron chi connectivity index (χ1n) is 15.5.